The minimum atomic E-state index is -0.498. The highest BCUT2D eigenvalue weighted by atomic mass is 19.1. The summed E-state index contributed by atoms with van der Waals surface area (Å²) >= 11 is 0. The Hall–Kier alpha value is -2.74. The van der Waals surface area contributed by atoms with Gasteiger partial charge in [-0.1, -0.05) is 0 Å². The van der Waals surface area contributed by atoms with Crippen molar-refractivity contribution in [2.24, 2.45) is 5.73 Å². The number of nitrogens with zero attached hydrogens (tertiary/aromatic N) is 4. The Labute approximate surface area is 164 Å². The molecule has 0 saturated carbocycles. The molecule has 0 aliphatic carbocycles. The van der Waals surface area contributed by atoms with Gasteiger partial charge in [-0.2, -0.15) is 0 Å². The number of piperidine rings is 1. The molecule has 0 bridgehead atoms. The molecule has 3 rings (SSSR count). The lowest BCUT2D eigenvalue weighted by Gasteiger charge is -2.31. The van der Waals surface area contributed by atoms with E-state index in [1.165, 1.54) is 29.4 Å². The van der Waals surface area contributed by atoms with Crippen molar-refractivity contribution in [3.05, 3.63) is 42.1 Å². The third-order valence-electron chi connectivity index (χ3n) is 4.98. The van der Waals surface area contributed by atoms with Crippen molar-refractivity contribution in [3.8, 4) is 11.5 Å². The summed E-state index contributed by atoms with van der Waals surface area (Å²) in [7, 11) is 1.68. The molecule has 1 saturated heterocycles. The van der Waals surface area contributed by atoms with Gasteiger partial charge in [-0.25, -0.2) is 14.4 Å². The van der Waals surface area contributed by atoms with Crippen LogP contribution in [0, 0.1) is 5.82 Å². The maximum absolute atomic E-state index is 13.8. The zero-order valence-corrected chi connectivity index (χ0v) is 16.4. The van der Waals surface area contributed by atoms with E-state index in [2.05, 4.69) is 14.9 Å². The minimum Gasteiger partial charge on any atom is -0.451 e. The number of anilines is 1. The van der Waals surface area contributed by atoms with Crippen molar-refractivity contribution >= 4 is 11.7 Å². The van der Waals surface area contributed by atoms with E-state index in [1.807, 2.05) is 13.8 Å². The van der Waals surface area contributed by atoms with Crippen molar-refractivity contribution in [3.63, 3.8) is 0 Å². The summed E-state index contributed by atoms with van der Waals surface area (Å²) in [5.74, 6) is 0.519. The van der Waals surface area contributed by atoms with Crippen LogP contribution in [0.3, 0.4) is 0 Å². The molecule has 2 N–H and O–H groups in total. The lowest BCUT2D eigenvalue weighted by Crippen LogP contribution is -2.40. The first-order valence-corrected chi connectivity index (χ1v) is 9.42. The molecule has 1 aromatic carbocycles. The molecule has 150 valence electrons. The van der Waals surface area contributed by atoms with Crippen LogP contribution in [0.25, 0.3) is 0 Å². The summed E-state index contributed by atoms with van der Waals surface area (Å²) < 4.78 is 19.9. The number of hydrogen-bond acceptors (Lipinski definition) is 6. The first-order valence-electron chi connectivity index (χ1n) is 9.42. The van der Waals surface area contributed by atoms with Crippen LogP contribution in [-0.4, -0.2) is 53.0 Å². The van der Waals surface area contributed by atoms with Gasteiger partial charge in [0.25, 0.3) is 5.91 Å². The van der Waals surface area contributed by atoms with Gasteiger partial charge >= 0.3 is 0 Å². The molecule has 7 nitrogen and oxygen atoms in total. The van der Waals surface area contributed by atoms with Crippen LogP contribution in [0.15, 0.2) is 30.7 Å². The molecule has 2 aromatic rings. The van der Waals surface area contributed by atoms with E-state index in [-0.39, 0.29) is 29.3 Å². The summed E-state index contributed by atoms with van der Waals surface area (Å²) in [5, 5.41) is 0. The van der Waals surface area contributed by atoms with Crippen LogP contribution in [0.5, 0.6) is 11.5 Å². The van der Waals surface area contributed by atoms with Gasteiger partial charge in [0.15, 0.2) is 11.6 Å². The number of aromatic nitrogens is 2. The Bertz CT molecular complexity index is 837. The number of rotatable bonds is 5. The van der Waals surface area contributed by atoms with E-state index in [1.54, 1.807) is 13.2 Å². The molecule has 2 heterocycles. The monoisotopic (exact) mass is 387 g/mol. The van der Waals surface area contributed by atoms with Gasteiger partial charge in [-0.05, 0) is 44.9 Å². The lowest BCUT2D eigenvalue weighted by atomic mass is 10.1. The van der Waals surface area contributed by atoms with Crippen molar-refractivity contribution in [1.82, 2.24) is 14.9 Å². The Morgan fingerprint density at radius 1 is 1.32 bits per heavy atom. The van der Waals surface area contributed by atoms with Crippen molar-refractivity contribution < 1.29 is 13.9 Å². The minimum absolute atomic E-state index is 0.0307. The number of halogens is 1. The summed E-state index contributed by atoms with van der Waals surface area (Å²) in [6.45, 7) is 5.31. The molecule has 1 amide bonds. The molecule has 0 atom stereocenters. The summed E-state index contributed by atoms with van der Waals surface area (Å²) in [5.41, 5.74) is 6.15. The number of ether oxygens (including phenoxy) is 1. The molecule has 0 unspecified atom stereocenters. The third kappa shape index (κ3) is 4.39. The molecule has 1 aromatic heterocycles. The Kier molecular flexibility index (Phi) is 6.08. The highest BCUT2D eigenvalue weighted by Gasteiger charge is 2.24. The predicted molar refractivity (Wildman–Crippen MR) is 105 cm³/mol. The Balaban J connectivity index is 1.92. The number of amides is 1. The molecule has 1 aliphatic rings. The van der Waals surface area contributed by atoms with Crippen LogP contribution in [0.2, 0.25) is 0 Å². The van der Waals surface area contributed by atoms with E-state index in [4.69, 9.17) is 10.5 Å². The second-order valence-electron chi connectivity index (χ2n) is 7.29. The molecule has 0 spiro atoms. The van der Waals surface area contributed by atoms with Gasteiger partial charge in [-0.3, -0.25) is 4.79 Å². The standard InChI is InChI=1S/C20H26FN5O2/c1-13(2)25(3)20(27)16-10-14(21)4-5-17(16)28-18-11-23-12-24-19(18)26-8-6-15(22)7-9-26/h4-5,10-13,15H,6-9,22H2,1-3H3. The van der Waals surface area contributed by atoms with E-state index in [0.29, 0.717) is 11.6 Å². The molecule has 8 heteroatoms. The predicted octanol–water partition coefficient (Wildman–Crippen LogP) is 2.82. The second-order valence-corrected chi connectivity index (χ2v) is 7.29. The Morgan fingerprint density at radius 2 is 2.04 bits per heavy atom. The normalized spacial score (nSPS) is 15.0. The van der Waals surface area contributed by atoms with E-state index in [0.717, 1.165) is 25.9 Å². The average molecular weight is 387 g/mol. The van der Waals surface area contributed by atoms with E-state index in [9.17, 15) is 9.18 Å². The van der Waals surface area contributed by atoms with Crippen LogP contribution < -0.4 is 15.4 Å². The van der Waals surface area contributed by atoms with Gasteiger partial charge in [0.2, 0.25) is 0 Å². The highest BCUT2D eigenvalue weighted by molar-refractivity contribution is 5.97. The number of benzene rings is 1. The van der Waals surface area contributed by atoms with Crippen molar-refractivity contribution in [2.75, 3.05) is 25.0 Å². The SMILES string of the molecule is CC(C)N(C)C(=O)c1cc(F)ccc1Oc1cncnc1N1CCC(N)CC1. The zero-order valence-electron chi connectivity index (χ0n) is 16.4. The molecular weight excluding hydrogens is 361 g/mol. The largest absolute Gasteiger partial charge is 0.451 e. The fourth-order valence-corrected chi connectivity index (χ4v) is 3.03. The molecular formula is C20H26FN5O2. The van der Waals surface area contributed by atoms with Crippen LogP contribution in [-0.2, 0) is 0 Å². The van der Waals surface area contributed by atoms with Gasteiger partial charge in [0.1, 0.15) is 17.9 Å². The lowest BCUT2D eigenvalue weighted by molar-refractivity contribution is 0.0751. The number of carbonyl (C=O) groups is 1. The van der Waals surface area contributed by atoms with Gasteiger partial charge in [-0.15, -0.1) is 0 Å². The first-order chi connectivity index (χ1) is 13.4. The molecule has 0 radical (unpaired) electrons. The van der Waals surface area contributed by atoms with E-state index >= 15 is 0 Å². The number of carbonyl (C=O) groups excluding carboxylic acids is 1. The topological polar surface area (TPSA) is 84.6 Å². The van der Waals surface area contributed by atoms with Gasteiger partial charge < -0.3 is 20.3 Å². The van der Waals surface area contributed by atoms with E-state index < -0.39 is 5.82 Å². The van der Waals surface area contributed by atoms with Crippen LogP contribution in [0.4, 0.5) is 10.2 Å². The van der Waals surface area contributed by atoms with Crippen molar-refractivity contribution in [2.45, 2.75) is 38.8 Å². The molecule has 1 aliphatic heterocycles. The summed E-state index contributed by atoms with van der Waals surface area (Å²) in [6, 6.07) is 4.08. The second kappa shape index (κ2) is 8.52. The van der Waals surface area contributed by atoms with Gasteiger partial charge in [0.05, 0.1) is 11.8 Å². The number of hydrogen-bond donors (Lipinski definition) is 1. The summed E-state index contributed by atoms with van der Waals surface area (Å²) in [6.07, 6.45) is 4.74. The quantitative estimate of drug-likeness (QED) is 0.849. The van der Waals surface area contributed by atoms with Crippen LogP contribution >= 0.6 is 0 Å². The summed E-state index contributed by atoms with van der Waals surface area (Å²) in [4.78, 5) is 24.8. The van der Waals surface area contributed by atoms with Gasteiger partial charge in [0, 0.05) is 32.2 Å². The highest BCUT2D eigenvalue weighted by Crippen LogP contribution is 2.33. The maximum Gasteiger partial charge on any atom is 0.257 e. The van der Waals surface area contributed by atoms with Crippen LogP contribution in [0.1, 0.15) is 37.0 Å². The molecule has 1 fully saturated rings. The smallest absolute Gasteiger partial charge is 0.257 e. The fourth-order valence-electron chi connectivity index (χ4n) is 3.03. The fraction of sp³-hybridized carbons (Fsp3) is 0.450. The average Bonchev–Trinajstić information content (AvgIpc) is 2.69. The Morgan fingerprint density at radius 3 is 2.71 bits per heavy atom. The zero-order chi connectivity index (χ0) is 20.3. The van der Waals surface area contributed by atoms with Crippen molar-refractivity contribution in [1.29, 1.82) is 0 Å². The maximum atomic E-state index is 13.8. The third-order valence-corrected chi connectivity index (χ3v) is 4.98. The number of nitrogens with two attached hydrogens (primary N) is 1. The first kappa shape index (κ1) is 20.0. The molecule has 28 heavy (non-hydrogen) atoms.